The van der Waals surface area contributed by atoms with Crippen molar-refractivity contribution in [2.75, 3.05) is 24.6 Å². The molecular formula is C20H29N5O. The zero-order chi connectivity index (χ0) is 18.7. The molecular weight excluding hydrogens is 326 g/mol. The molecule has 1 fully saturated rings. The molecule has 0 unspecified atom stereocenters. The van der Waals surface area contributed by atoms with Gasteiger partial charge in [-0.3, -0.25) is 0 Å². The lowest BCUT2D eigenvalue weighted by Gasteiger charge is -2.32. The van der Waals surface area contributed by atoms with Crippen molar-refractivity contribution >= 4 is 5.95 Å². The predicted molar refractivity (Wildman–Crippen MR) is 103 cm³/mol. The van der Waals surface area contributed by atoms with Crippen molar-refractivity contribution < 1.29 is 4.74 Å². The van der Waals surface area contributed by atoms with Gasteiger partial charge in [0.15, 0.2) is 0 Å². The van der Waals surface area contributed by atoms with E-state index in [1.54, 1.807) is 0 Å². The smallest absolute Gasteiger partial charge is 0.233 e. The summed E-state index contributed by atoms with van der Waals surface area (Å²) in [6.07, 6.45) is 2.15. The van der Waals surface area contributed by atoms with Crippen molar-refractivity contribution in [3.8, 4) is 5.88 Å². The summed E-state index contributed by atoms with van der Waals surface area (Å²) in [5, 5.41) is 8.49. The molecule has 2 aromatic rings. The molecule has 1 aliphatic rings. The summed E-state index contributed by atoms with van der Waals surface area (Å²) in [5.74, 6) is 1.99. The van der Waals surface area contributed by atoms with E-state index in [0.717, 1.165) is 49.0 Å². The van der Waals surface area contributed by atoms with Gasteiger partial charge in [0, 0.05) is 36.0 Å². The monoisotopic (exact) mass is 355 g/mol. The molecule has 6 heteroatoms. The minimum atomic E-state index is 0.00851. The quantitative estimate of drug-likeness (QED) is 0.837. The van der Waals surface area contributed by atoms with Crippen LogP contribution < -0.4 is 9.64 Å². The Balaban J connectivity index is 1.50. The highest BCUT2D eigenvalue weighted by Crippen LogP contribution is 2.23. The van der Waals surface area contributed by atoms with Crippen LogP contribution in [0.1, 0.15) is 50.7 Å². The van der Waals surface area contributed by atoms with Crippen molar-refractivity contribution in [1.82, 2.24) is 20.2 Å². The van der Waals surface area contributed by atoms with E-state index in [9.17, 15) is 0 Å². The van der Waals surface area contributed by atoms with E-state index in [2.05, 4.69) is 45.8 Å². The first-order valence-corrected chi connectivity index (χ1v) is 9.35. The minimum Gasteiger partial charge on any atom is -0.476 e. The number of hydrogen-bond donors (Lipinski definition) is 0. The first-order chi connectivity index (χ1) is 12.3. The third kappa shape index (κ3) is 4.68. The van der Waals surface area contributed by atoms with Crippen molar-refractivity contribution in [2.24, 2.45) is 5.92 Å². The van der Waals surface area contributed by atoms with Crippen LogP contribution >= 0.6 is 0 Å². The van der Waals surface area contributed by atoms with Crippen LogP contribution in [0.2, 0.25) is 0 Å². The third-order valence-corrected chi connectivity index (χ3v) is 4.74. The van der Waals surface area contributed by atoms with Crippen LogP contribution in [0.15, 0.2) is 18.2 Å². The van der Waals surface area contributed by atoms with Crippen LogP contribution in [-0.2, 0) is 5.41 Å². The average molecular weight is 355 g/mol. The SMILES string of the molecule is Cc1cc(C)nc(N2CCC(COc3ccc(C(C)(C)C)nn3)CC2)n1. The Morgan fingerprint density at radius 2 is 1.69 bits per heavy atom. The van der Waals surface area contributed by atoms with Crippen LogP contribution in [0, 0.1) is 19.8 Å². The van der Waals surface area contributed by atoms with Gasteiger partial charge in [0.2, 0.25) is 11.8 Å². The molecule has 0 spiro atoms. The highest BCUT2D eigenvalue weighted by atomic mass is 16.5. The molecule has 0 amide bonds. The number of anilines is 1. The Bertz CT molecular complexity index is 711. The molecule has 3 rings (SSSR count). The maximum atomic E-state index is 5.87. The molecule has 0 N–H and O–H groups in total. The number of ether oxygens (including phenoxy) is 1. The summed E-state index contributed by atoms with van der Waals surface area (Å²) in [4.78, 5) is 11.4. The minimum absolute atomic E-state index is 0.00851. The maximum Gasteiger partial charge on any atom is 0.233 e. The topological polar surface area (TPSA) is 64.0 Å². The third-order valence-electron chi connectivity index (χ3n) is 4.74. The predicted octanol–water partition coefficient (Wildman–Crippen LogP) is 3.48. The van der Waals surface area contributed by atoms with E-state index in [0.29, 0.717) is 18.4 Å². The van der Waals surface area contributed by atoms with Gasteiger partial charge in [-0.05, 0) is 44.7 Å². The Kier molecular flexibility index (Phi) is 5.39. The number of aryl methyl sites for hydroxylation is 2. The Labute approximate surface area is 156 Å². The molecule has 3 heterocycles. The van der Waals surface area contributed by atoms with Crippen molar-refractivity contribution in [1.29, 1.82) is 0 Å². The highest BCUT2D eigenvalue weighted by molar-refractivity contribution is 5.32. The molecule has 6 nitrogen and oxygen atoms in total. The lowest BCUT2D eigenvalue weighted by Crippen LogP contribution is -2.36. The molecule has 1 saturated heterocycles. The fraction of sp³-hybridized carbons (Fsp3) is 0.600. The summed E-state index contributed by atoms with van der Waals surface area (Å²) in [7, 11) is 0. The number of rotatable bonds is 4. The largest absolute Gasteiger partial charge is 0.476 e. The second kappa shape index (κ2) is 7.56. The van der Waals surface area contributed by atoms with Crippen LogP contribution in [0.5, 0.6) is 5.88 Å². The fourth-order valence-corrected chi connectivity index (χ4v) is 3.15. The Morgan fingerprint density at radius 3 is 2.23 bits per heavy atom. The lowest BCUT2D eigenvalue weighted by atomic mass is 9.92. The first kappa shape index (κ1) is 18.5. The zero-order valence-electron chi connectivity index (χ0n) is 16.5. The van der Waals surface area contributed by atoms with E-state index >= 15 is 0 Å². The normalized spacial score (nSPS) is 16.0. The van der Waals surface area contributed by atoms with Gasteiger partial charge in [0.25, 0.3) is 0 Å². The van der Waals surface area contributed by atoms with Gasteiger partial charge in [0.05, 0.1) is 12.3 Å². The van der Waals surface area contributed by atoms with Gasteiger partial charge in [-0.2, -0.15) is 5.10 Å². The number of aromatic nitrogens is 4. The van der Waals surface area contributed by atoms with Crippen LogP contribution in [-0.4, -0.2) is 39.9 Å². The molecule has 0 aromatic carbocycles. The Hall–Kier alpha value is -2.24. The molecule has 2 aromatic heterocycles. The van der Waals surface area contributed by atoms with Crippen LogP contribution in [0.25, 0.3) is 0 Å². The molecule has 0 radical (unpaired) electrons. The molecule has 26 heavy (non-hydrogen) atoms. The first-order valence-electron chi connectivity index (χ1n) is 9.35. The number of hydrogen-bond acceptors (Lipinski definition) is 6. The van der Waals surface area contributed by atoms with Gasteiger partial charge < -0.3 is 9.64 Å². The second-order valence-corrected chi connectivity index (χ2v) is 8.20. The van der Waals surface area contributed by atoms with Crippen molar-refractivity contribution in [2.45, 2.75) is 52.9 Å². The van der Waals surface area contributed by atoms with Crippen LogP contribution in [0.4, 0.5) is 5.95 Å². The van der Waals surface area contributed by atoms with Gasteiger partial charge in [-0.15, -0.1) is 5.10 Å². The molecule has 0 aliphatic carbocycles. The van der Waals surface area contributed by atoms with Gasteiger partial charge in [0.1, 0.15) is 0 Å². The van der Waals surface area contributed by atoms with Gasteiger partial charge in [-0.25, -0.2) is 9.97 Å². The number of piperidine rings is 1. The van der Waals surface area contributed by atoms with Gasteiger partial charge in [-0.1, -0.05) is 20.8 Å². The maximum absolute atomic E-state index is 5.87. The highest BCUT2D eigenvalue weighted by Gasteiger charge is 2.22. The van der Waals surface area contributed by atoms with E-state index in [1.165, 1.54) is 0 Å². The molecule has 140 valence electrons. The zero-order valence-corrected chi connectivity index (χ0v) is 16.5. The molecule has 1 aliphatic heterocycles. The molecule has 0 atom stereocenters. The van der Waals surface area contributed by atoms with Gasteiger partial charge >= 0.3 is 0 Å². The fourth-order valence-electron chi connectivity index (χ4n) is 3.15. The average Bonchev–Trinajstić information content (AvgIpc) is 2.59. The summed E-state index contributed by atoms with van der Waals surface area (Å²) >= 11 is 0. The van der Waals surface area contributed by atoms with E-state index in [1.807, 2.05) is 32.0 Å². The van der Waals surface area contributed by atoms with Crippen molar-refractivity contribution in [3.05, 3.63) is 35.3 Å². The summed E-state index contributed by atoms with van der Waals surface area (Å²) in [5.41, 5.74) is 3.03. The molecule has 0 saturated carbocycles. The van der Waals surface area contributed by atoms with E-state index < -0.39 is 0 Å². The van der Waals surface area contributed by atoms with Crippen LogP contribution in [0.3, 0.4) is 0 Å². The summed E-state index contributed by atoms with van der Waals surface area (Å²) in [6, 6.07) is 5.94. The summed E-state index contributed by atoms with van der Waals surface area (Å²) in [6.45, 7) is 13.0. The van der Waals surface area contributed by atoms with Crippen molar-refractivity contribution in [3.63, 3.8) is 0 Å². The Morgan fingerprint density at radius 1 is 1.04 bits per heavy atom. The summed E-state index contributed by atoms with van der Waals surface area (Å²) < 4.78 is 5.87. The standard InChI is InChI=1S/C20H29N5O/c1-14-12-15(2)22-19(21-14)25-10-8-16(9-11-25)13-26-18-7-6-17(23-24-18)20(3,4)5/h6-7,12,16H,8-11,13H2,1-5H3. The second-order valence-electron chi connectivity index (χ2n) is 8.20. The molecule has 0 bridgehead atoms. The van der Waals surface area contributed by atoms with E-state index in [4.69, 9.17) is 4.74 Å². The van der Waals surface area contributed by atoms with E-state index in [-0.39, 0.29) is 5.41 Å². The lowest BCUT2D eigenvalue weighted by molar-refractivity contribution is 0.213. The number of nitrogens with zero attached hydrogens (tertiary/aromatic N) is 5.